The normalized spacial score (nSPS) is 11.0. The van der Waals surface area contributed by atoms with E-state index in [4.69, 9.17) is 33.2 Å². The van der Waals surface area contributed by atoms with Gasteiger partial charge in [0.05, 0.1) is 49.8 Å². The number of sulfone groups is 1. The first kappa shape index (κ1) is 93.1. The Balaban J connectivity index is 0.00000153. The molecule has 0 bridgehead atoms. The molecule has 0 aromatic heterocycles. The summed E-state index contributed by atoms with van der Waals surface area (Å²) >= 11 is 1.75. The third kappa shape index (κ3) is 26.5. The highest BCUT2D eigenvalue weighted by Gasteiger charge is 2.42. The van der Waals surface area contributed by atoms with E-state index in [2.05, 4.69) is 249 Å². The van der Waals surface area contributed by atoms with Crippen molar-refractivity contribution in [1.29, 1.82) is 0 Å². The molecule has 0 amide bonds. The molecule has 0 heterocycles. The lowest BCUT2D eigenvalue weighted by Gasteiger charge is -2.43. The van der Waals surface area contributed by atoms with Crippen LogP contribution < -0.4 is 33.2 Å². The van der Waals surface area contributed by atoms with Gasteiger partial charge in [-0.2, -0.15) is 11.8 Å². The first-order valence-corrected chi connectivity index (χ1v) is 38.2. The molecule has 0 saturated carbocycles. The molecule has 11 nitrogen and oxygen atoms in total. The quantitative estimate of drug-likeness (QED) is 0.0855. The fraction of sp³-hybridized carbons (Fsp3) is 0.506. The van der Waals surface area contributed by atoms with E-state index in [9.17, 15) is 13.2 Å². The molecule has 0 N–H and O–H groups in total. The molecule has 7 aromatic carbocycles. The van der Waals surface area contributed by atoms with Gasteiger partial charge in [-0.25, -0.2) is 8.42 Å². The molecule has 0 saturated heterocycles. The number of aryl methyl sites for hydroxylation is 14. The fourth-order valence-electron chi connectivity index (χ4n) is 13.0. The molecular formula is C87H132O11S2. The zero-order valence-electron chi connectivity index (χ0n) is 69.3. The zero-order valence-corrected chi connectivity index (χ0v) is 70.9. The van der Waals surface area contributed by atoms with Crippen LogP contribution >= 0.6 is 11.8 Å². The highest BCUT2D eigenvalue weighted by molar-refractivity contribution is 7.97. The average Bonchev–Trinajstić information content (AvgIpc) is 3.48. The largest absolute Gasteiger partial charge is 0.496 e. The van der Waals surface area contributed by atoms with Gasteiger partial charge < -0.3 is 42.7 Å². The molecule has 0 aliphatic heterocycles. The van der Waals surface area contributed by atoms with Gasteiger partial charge in [-0.1, -0.05) is 147 Å². The van der Waals surface area contributed by atoms with Crippen LogP contribution in [0.2, 0.25) is 0 Å². The maximum absolute atomic E-state index is 9.63. The number of carbonyl (C=O) groups excluding carboxylic acids is 1. The van der Waals surface area contributed by atoms with Gasteiger partial charge in [0.2, 0.25) is 0 Å². The fourth-order valence-corrected chi connectivity index (χ4v) is 13.0. The number of hydrogen-bond donors (Lipinski definition) is 0. The number of thioether (sulfide) groups is 1. The molecular weight excluding hydrogens is 1290 g/mol. The Hall–Kier alpha value is -6.93. The van der Waals surface area contributed by atoms with Crippen LogP contribution in [0.4, 0.5) is 0 Å². The minimum atomic E-state index is -2.67. The SMILES string of the molecule is CC(C)(C)C.CC(C)=O.CCC.COC.COc1c(C)cc(C(C)(CC(C)(c2cc(C)c(OC)c(C)c2)c2cc(C)c(OC)c(C)c2)c2cc(C)c(OC)c(C)c2)cc1C.COc1c(C)cc(C(C)(c2cc(C)c(OC)c(C)c2)c2cc(C)c(OC)c(C)c2)cc1C.CS(C)(=O)=O.CSC. The molecule has 558 valence electrons. The van der Waals surface area contributed by atoms with Crippen molar-refractivity contribution in [2.75, 3.05) is 89.0 Å². The summed E-state index contributed by atoms with van der Waals surface area (Å²) in [6.45, 7) is 53.0. The van der Waals surface area contributed by atoms with Crippen molar-refractivity contribution in [1.82, 2.24) is 0 Å². The van der Waals surface area contributed by atoms with Gasteiger partial charge in [0.15, 0.2) is 0 Å². The van der Waals surface area contributed by atoms with E-state index in [1.54, 1.807) is 75.8 Å². The Morgan fingerprint density at radius 3 is 0.510 bits per heavy atom. The minimum Gasteiger partial charge on any atom is -0.496 e. The van der Waals surface area contributed by atoms with Gasteiger partial charge in [-0.3, -0.25) is 0 Å². The molecule has 0 atom stereocenters. The molecule has 0 aliphatic rings. The van der Waals surface area contributed by atoms with E-state index in [1.807, 2.05) is 12.5 Å². The first-order chi connectivity index (χ1) is 46.2. The number of hydrogen-bond acceptors (Lipinski definition) is 12. The van der Waals surface area contributed by atoms with E-state index < -0.39 is 9.84 Å². The smallest absolute Gasteiger partial charge is 0.144 e. The molecule has 0 unspecified atom stereocenters. The summed E-state index contributed by atoms with van der Waals surface area (Å²) in [4.78, 5) is 9.44. The minimum absolute atomic E-state index is 0.167. The van der Waals surface area contributed by atoms with E-state index >= 15 is 0 Å². The van der Waals surface area contributed by atoms with E-state index in [-0.39, 0.29) is 22.0 Å². The third-order valence-corrected chi connectivity index (χ3v) is 16.6. The van der Waals surface area contributed by atoms with Gasteiger partial charge in [-0.05, 0) is 259 Å². The highest BCUT2D eigenvalue weighted by atomic mass is 32.2. The van der Waals surface area contributed by atoms with Crippen molar-refractivity contribution in [2.24, 2.45) is 5.41 Å². The van der Waals surface area contributed by atoms with Gasteiger partial charge in [0.25, 0.3) is 0 Å². The van der Waals surface area contributed by atoms with Crippen LogP contribution in [0.5, 0.6) is 40.2 Å². The van der Waals surface area contributed by atoms with Crippen LogP contribution in [0.1, 0.15) is 206 Å². The van der Waals surface area contributed by atoms with Crippen molar-refractivity contribution in [2.45, 2.75) is 202 Å². The van der Waals surface area contributed by atoms with E-state index in [0.717, 1.165) is 137 Å². The zero-order chi connectivity index (χ0) is 77.9. The maximum Gasteiger partial charge on any atom is 0.144 e. The number of benzene rings is 7. The first-order valence-electron chi connectivity index (χ1n) is 34.2. The summed E-state index contributed by atoms with van der Waals surface area (Å²) < 4.78 is 63.7. The van der Waals surface area contributed by atoms with E-state index in [0.29, 0.717) is 5.41 Å². The predicted molar refractivity (Wildman–Crippen MR) is 431 cm³/mol. The topological polar surface area (TPSA) is 125 Å². The average molecular weight is 1420 g/mol. The summed E-state index contributed by atoms with van der Waals surface area (Å²) in [5, 5.41) is 0. The Bertz CT molecular complexity index is 3290. The van der Waals surface area contributed by atoms with Crippen LogP contribution in [-0.2, 0) is 35.6 Å². The van der Waals surface area contributed by atoms with Crippen LogP contribution in [0.25, 0.3) is 0 Å². The van der Waals surface area contributed by atoms with Crippen molar-refractivity contribution >= 4 is 27.4 Å². The molecule has 7 aromatic rings. The van der Waals surface area contributed by atoms with Crippen LogP contribution in [0.3, 0.4) is 0 Å². The molecule has 7 rings (SSSR count). The number of ketones is 1. The van der Waals surface area contributed by atoms with Crippen molar-refractivity contribution in [3.8, 4) is 40.2 Å². The summed E-state index contributed by atoms with van der Waals surface area (Å²) in [6.07, 6.45) is 8.47. The van der Waals surface area contributed by atoms with Gasteiger partial charge in [-0.15, -0.1) is 0 Å². The molecule has 0 aliphatic carbocycles. The van der Waals surface area contributed by atoms with Crippen molar-refractivity contribution in [3.63, 3.8) is 0 Å². The number of methoxy groups -OCH3 is 8. The van der Waals surface area contributed by atoms with Crippen molar-refractivity contribution < 1.29 is 51.1 Å². The monoisotopic (exact) mass is 1420 g/mol. The standard InChI is InChI=1S/C41H52O4.C29H36O3.C5H12.C3H6O.C3H8.C2H6O2S.C2H6O.C2H6S/c1-24-15-32(16-25(2)36(24)42-11)40(9,33-17-26(3)37(43-12)27(4)18-33)23-41(10,34-19-28(5)38(44-13)29(6)20-34)35-21-30(7)39(45-14)31(8)22-35;1-17-11-23(12-18(2)26(17)30-8)29(7,24-13-19(3)27(31-9)20(4)14-24)25-15-21(5)28(32-10)22(6)16-25;1-5(2,3)4;1-3(2)4;1-3-2;1-5(2,3)4;2*1-3-2/h15-22H,23H2,1-14H3;11-16H,1-10H3;1-4H3;1-2H3;3H2,1-2H3;1-2H3;2*1-2H3. The summed E-state index contributed by atoms with van der Waals surface area (Å²) in [5.74, 6) is 6.76. The summed E-state index contributed by atoms with van der Waals surface area (Å²) in [6, 6.07) is 32.1. The van der Waals surface area contributed by atoms with Crippen LogP contribution in [0.15, 0.2) is 84.9 Å². The Morgan fingerprint density at radius 1 is 0.330 bits per heavy atom. The second kappa shape index (κ2) is 41.9. The number of carbonyl (C=O) groups is 1. The van der Waals surface area contributed by atoms with Gasteiger partial charge in [0, 0.05) is 43.0 Å². The number of rotatable bonds is 16. The van der Waals surface area contributed by atoms with Crippen LogP contribution in [0, 0.1) is 102 Å². The molecule has 100 heavy (non-hydrogen) atoms. The molecule has 0 radical (unpaired) electrons. The maximum atomic E-state index is 9.63. The summed E-state index contributed by atoms with van der Waals surface area (Å²) in [7, 11) is 12.8. The van der Waals surface area contributed by atoms with Gasteiger partial charge >= 0.3 is 0 Å². The summed E-state index contributed by atoms with van der Waals surface area (Å²) in [5.41, 5.74) is 24.0. The number of ether oxygens (including phenoxy) is 8. The lowest BCUT2D eigenvalue weighted by Crippen LogP contribution is -2.36. The predicted octanol–water partition coefficient (Wildman–Crippen LogP) is 21.8. The van der Waals surface area contributed by atoms with Crippen molar-refractivity contribution in [3.05, 3.63) is 202 Å². The van der Waals surface area contributed by atoms with E-state index in [1.165, 1.54) is 59.2 Å². The second-order valence-corrected chi connectivity index (χ2v) is 32.1. The lowest BCUT2D eigenvalue weighted by atomic mass is 9.60. The molecule has 0 spiro atoms. The Labute approximate surface area is 613 Å². The third-order valence-electron chi connectivity index (χ3n) is 16.6. The highest BCUT2D eigenvalue weighted by Crippen LogP contribution is 2.51. The number of Topliss-reactive ketones (excluding diaryl/α,β-unsaturated/α-hetero) is 1. The lowest BCUT2D eigenvalue weighted by molar-refractivity contribution is -0.115. The molecule has 13 heteroatoms. The second-order valence-electron chi connectivity index (χ2n) is 29.0. The van der Waals surface area contributed by atoms with Gasteiger partial charge in [0.1, 0.15) is 55.9 Å². The molecule has 0 fully saturated rings. The van der Waals surface area contributed by atoms with Crippen LogP contribution in [-0.4, -0.2) is 103 Å². The Morgan fingerprint density at radius 2 is 0.420 bits per heavy atom. The Kier molecular flexibility index (Phi) is 39.0.